The number of amides is 3. The van der Waals surface area contributed by atoms with Crippen LogP contribution in [0.15, 0.2) is 54.7 Å². The molecule has 3 amide bonds. The summed E-state index contributed by atoms with van der Waals surface area (Å²) in [6.45, 7) is 3.26. The first-order valence-corrected chi connectivity index (χ1v) is 11.1. The van der Waals surface area contributed by atoms with Crippen molar-refractivity contribution >= 4 is 35.1 Å². The molecule has 35 heavy (non-hydrogen) atoms. The van der Waals surface area contributed by atoms with Crippen molar-refractivity contribution in [2.75, 3.05) is 49.2 Å². The molecule has 1 aromatic heterocycles. The van der Waals surface area contributed by atoms with Gasteiger partial charge in [0, 0.05) is 50.3 Å². The Hall–Kier alpha value is -4.25. The predicted molar refractivity (Wildman–Crippen MR) is 132 cm³/mol. The first-order valence-electron chi connectivity index (χ1n) is 11.1. The van der Waals surface area contributed by atoms with Gasteiger partial charge in [-0.25, -0.2) is 14.2 Å². The van der Waals surface area contributed by atoms with E-state index in [4.69, 9.17) is 5.73 Å². The van der Waals surface area contributed by atoms with Crippen LogP contribution in [-0.4, -0.2) is 64.9 Å². The van der Waals surface area contributed by atoms with Crippen LogP contribution in [0, 0.1) is 5.82 Å². The van der Waals surface area contributed by atoms with Crippen molar-refractivity contribution in [2.45, 2.75) is 6.54 Å². The number of urea groups is 1. The molecule has 0 aliphatic carbocycles. The largest absolute Gasteiger partial charge is 0.365 e. The second kappa shape index (κ2) is 10.8. The minimum atomic E-state index is -0.688. The summed E-state index contributed by atoms with van der Waals surface area (Å²) in [5, 5.41) is 9.00. The Balaban J connectivity index is 1.45. The van der Waals surface area contributed by atoms with Crippen LogP contribution in [0.4, 0.5) is 32.3 Å². The minimum Gasteiger partial charge on any atom is -0.365 e. The number of aromatic nitrogens is 2. The molecule has 3 aromatic rings. The predicted octanol–water partition coefficient (Wildman–Crippen LogP) is 2.85. The third-order valence-corrected chi connectivity index (χ3v) is 5.56. The number of hydrogen-bond donors (Lipinski definition) is 4. The van der Waals surface area contributed by atoms with Gasteiger partial charge in [-0.05, 0) is 42.9 Å². The Labute approximate surface area is 202 Å². The molecule has 5 N–H and O–H groups in total. The highest BCUT2D eigenvalue weighted by molar-refractivity contribution is 5.97. The number of primary amides is 1. The van der Waals surface area contributed by atoms with Crippen molar-refractivity contribution in [3.63, 3.8) is 0 Å². The van der Waals surface area contributed by atoms with Crippen molar-refractivity contribution in [3.8, 4) is 0 Å². The molecule has 11 heteroatoms. The van der Waals surface area contributed by atoms with Crippen molar-refractivity contribution in [1.82, 2.24) is 19.8 Å². The molecule has 0 spiro atoms. The fraction of sp³-hybridized carbons (Fsp3) is 0.250. The molecular weight excluding hydrogens is 451 g/mol. The quantitative estimate of drug-likeness (QED) is 0.411. The van der Waals surface area contributed by atoms with Crippen LogP contribution in [0.2, 0.25) is 0 Å². The average Bonchev–Trinajstić information content (AvgIpc) is 2.83. The number of halogens is 1. The number of rotatable bonds is 7. The van der Waals surface area contributed by atoms with Gasteiger partial charge in [0.25, 0.3) is 5.91 Å². The van der Waals surface area contributed by atoms with E-state index in [1.165, 1.54) is 18.3 Å². The van der Waals surface area contributed by atoms with Gasteiger partial charge in [0.05, 0.1) is 5.56 Å². The maximum absolute atomic E-state index is 13.5. The highest BCUT2D eigenvalue weighted by Gasteiger charge is 2.19. The first-order chi connectivity index (χ1) is 16.9. The molecule has 1 aliphatic rings. The number of nitrogens with one attached hydrogen (secondary N) is 3. The zero-order valence-electron chi connectivity index (χ0n) is 19.3. The van der Waals surface area contributed by atoms with E-state index in [1.807, 2.05) is 7.05 Å². The molecule has 0 unspecified atom stereocenters. The van der Waals surface area contributed by atoms with Gasteiger partial charge >= 0.3 is 6.03 Å². The molecular formula is C24H27FN8O2. The van der Waals surface area contributed by atoms with Gasteiger partial charge in [0.1, 0.15) is 11.6 Å². The van der Waals surface area contributed by atoms with Crippen LogP contribution in [0.1, 0.15) is 15.9 Å². The summed E-state index contributed by atoms with van der Waals surface area (Å²) >= 11 is 0. The Bertz CT molecular complexity index is 1210. The fourth-order valence-corrected chi connectivity index (χ4v) is 3.61. The second-order valence-electron chi connectivity index (χ2n) is 8.23. The number of anilines is 4. The topological polar surface area (TPSA) is 129 Å². The summed E-state index contributed by atoms with van der Waals surface area (Å²) in [4.78, 5) is 36.9. The standard InChI is InChI=1S/C24H27FN8O2/c1-32-8-10-33(11-9-32)24(35)30-19-7-3-6-18(13-19)29-23-28-15-20(21(26)34)22(31-23)27-14-16-4-2-5-17(25)12-16/h2-7,12-13,15H,8-11,14H2,1H3,(H2,26,34)(H,30,35)(H2,27,28,29,31). The summed E-state index contributed by atoms with van der Waals surface area (Å²) in [6.07, 6.45) is 1.32. The Morgan fingerprint density at radius 3 is 2.54 bits per heavy atom. The van der Waals surface area contributed by atoms with Crippen LogP contribution < -0.4 is 21.7 Å². The normalized spacial score (nSPS) is 13.8. The molecule has 10 nitrogen and oxygen atoms in total. The van der Waals surface area contributed by atoms with E-state index in [2.05, 4.69) is 30.8 Å². The van der Waals surface area contributed by atoms with Crippen molar-refractivity contribution in [3.05, 3.63) is 71.7 Å². The molecule has 2 aromatic carbocycles. The molecule has 182 valence electrons. The molecule has 2 heterocycles. The van der Waals surface area contributed by atoms with Crippen LogP contribution in [-0.2, 0) is 6.54 Å². The van der Waals surface area contributed by atoms with Crippen molar-refractivity contribution in [1.29, 1.82) is 0 Å². The molecule has 0 bridgehead atoms. The lowest BCUT2D eigenvalue weighted by atomic mass is 10.2. The lowest BCUT2D eigenvalue weighted by molar-refractivity contribution is 0.100. The minimum absolute atomic E-state index is 0.111. The second-order valence-corrected chi connectivity index (χ2v) is 8.23. The average molecular weight is 479 g/mol. The Morgan fingerprint density at radius 1 is 1.06 bits per heavy atom. The molecule has 1 aliphatic heterocycles. The van der Waals surface area contributed by atoms with Crippen LogP contribution >= 0.6 is 0 Å². The number of piperazine rings is 1. The van der Waals surface area contributed by atoms with Crippen molar-refractivity contribution in [2.24, 2.45) is 5.73 Å². The number of benzene rings is 2. The lowest BCUT2D eigenvalue weighted by Crippen LogP contribution is -2.48. The van der Waals surface area contributed by atoms with Crippen LogP contribution in [0.5, 0.6) is 0 Å². The van der Waals surface area contributed by atoms with E-state index in [0.29, 0.717) is 30.0 Å². The molecule has 1 fully saturated rings. The number of nitrogens with two attached hydrogens (primary N) is 1. The molecule has 0 atom stereocenters. The zero-order valence-corrected chi connectivity index (χ0v) is 19.3. The summed E-state index contributed by atoms with van der Waals surface area (Å²) in [5.74, 6) is -0.603. The highest BCUT2D eigenvalue weighted by atomic mass is 19.1. The molecule has 4 rings (SSSR count). The molecule has 0 radical (unpaired) electrons. The number of nitrogens with zero attached hydrogens (tertiary/aromatic N) is 4. The van der Waals surface area contributed by atoms with Crippen LogP contribution in [0.3, 0.4) is 0 Å². The van der Waals surface area contributed by atoms with Gasteiger partial charge in [0.15, 0.2) is 0 Å². The van der Waals surface area contributed by atoms with Gasteiger partial charge in [-0.15, -0.1) is 0 Å². The molecule has 1 saturated heterocycles. The van der Waals surface area contributed by atoms with E-state index < -0.39 is 5.91 Å². The van der Waals surface area contributed by atoms with Gasteiger partial charge in [0.2, 0.25) is 5.95 Å². The van der Waals surface area contributed by atoms with Gasteiger partial charge in [-0.2, -0.15) is 4.98 Å². The monoisotopic (exact) mass is 478 g/mol. The van der Waals surface area contributed by atoms with Gasteiger partial charge in [-0.3, -0.25) is 4.79 Å². The van der Waals surface area contributed by atoms with E-state index >= 15 is 0 Å². The maximum atomic E-state index is 13.5. The molecule has 0 saturated carbocycles. The third kappa shape index (κ3) is 6.42. The highest BCUT2D eigenvalue weighted by Crippen LogP contribution is 2.21. The maximum Gasteiger partial charge on any atom is 0.321 e. The number of carbonyl (C=O) groups excluding carboxylic acids is 2. The smallest absolute Gasteiger partial charge is 0.321 e. The van der Waals surface area contributed by atoms with E-state index in [9.17, 15) is 14.0 Å². The summed E-state index contributed by atoms with van der Waals surface area (Å²) in [6, 6.07) is 13.1. The van der Waals surface area contributed by atoms with Crippen LogP contribution in [0.25, 0.3) is 0 Å². The third-order valence-electron chi connectivity index (χ3n) is 5.56. The fourth-order valence-electron chi connectivity index (χ4n) is 3.61. The van der Waals surface area contributed by atoms with Crippen molar-refractivity contribution < 1.29 is 14.0 Å². The summed E-state index contributed by atoms with van der Waals surface area (Å²) < 4.78 is 13.5. The van der Waals surface area contributed by atoms with Gasteiger partial charge < -0.3 is 31.5 Å². The Kier molecular flexibility index (Phi) is 7.36. The van der Waals surface area contributed by atoms with Gasteiger partial charge in [-0.1, -0.05) is 18.2 Å². The van der Waals surface area contributed by atoms with E-state index in [-0.39, 0.29) is 35.7 Å². The number of hydrogen-bond acceptors (Lipinski definition) is 7. The summed E-state index contributed by atoms with van der Waals surface area (Å²) in [7, 11) is 2.03. The van der Waals surface area contributed by atoms with E-state index in [1.54, 1.807) is 41.3 Å². The lowest BCUT2D eigenvalue weighted by Gasteiger charge is -2.32. The number of likely N-dealkylation sites (N-methyl/N-ethyl adjacent to an activating group) is 1. The summed E-state index contributed by atoms with van der Waals surface area (Å²) in [5.41, 5.74) is 7.51. The SMILES string of the molecule is CN1CCN(C(=O)Nc2cccc(Nc3ncc(C(N)=O)c(NCc4cccc(F)c4)n3)c2)CC1. The first kappa shape index (κ1) is 23.9. The van der Waals surface area contributed by atoms with E-state index in [0.717, 1.165) is 13.1 Å². The number of carbonyl (C=O) groups is 2. The zero-order chi connectivity index (χ0) is 24.8. The Morgan fingerprint density at radius 2 is 1.80 bits per heavy atom.